The number of hydrogen-bond acceptors (Lipinski definition) is 5. The first-order valence-corrected chi connectivity index (χ1v) is 6.32. The lowest BCUT2D eigenvalue weighted by molar-refractivity contribution is 0.194. The topological polar surface area (TPSA) is 75.9 Å². The minimum absolute atomic E-state index is 0.254. The molecule has 0 aromatic carbocycles. The van der Waals surface area contributed by atoms with Crippen LogP contribution in [0.15, 0.2) is 18.3 Å². The van der Waals surface area contributed by atoms with Gasteiger partial charge in [-0.05, 0) is 33.8 Å². The highest BCUT2D eigenvalue weighted by Gasteiger charge is 2.11. The number of nitrogens with zero attached hydrogens (tertiary/aromatic N) is 4. The van der Waals surface area contributed by atoms with Gasteiger partial charge in [-0.2, -0.15) is 10.1 Å². The van der Waals surface area contributed by atoms with Gasteiger partial charge in [0.15, 0.2) is 0 Å². The van der Waals surface area contributed by atoms with Gasteiger partial charge in [0.05, 0.1) is 17.5 Å². The molecule has 2 heterocycles. The number of nitrogens with one attached hydrogen (secondary N) is 1. The van der Waals surface area contributed by atoms with Gasteiger partial charge in [-0.15, -0.1) is 0 Å². The van der Waals surface area contributed by atoms with Gasteiger partial charge in [-0.1, -0.05) is 0 Å². The molecule has 0 radical (unpaired) electrons. The molecule has 0 amide bonds. The van der Waals surface area contributed by atoms with Crippen LogP contribution < -0.4 is 5.32 Å². The van der Waals surface area contributed by atoms with Crippen molar-refractivity contribution < 1.29 is 5.11 Å². The molecule has 6 nitrogen and oxygen atoms in total. The van der Waals surface area contributed by atoms with E-state index in [1.54, 1.807) is 23.9 Å². The summed E-state index contributed by atoms with van der Waals surface area (Å²) in [6.07, 6.45) is 1.15. The Hall–Kier alpha value is -1.95. The van der Waals surface area contributed by atoms with Gasteiger partial charge < -0.3 is 10.4 Å². The Balaban J connectivity index is 2.44. The number of aliphatic hydroxyl groups excluding tert-OH is 1. The first kappa shape index (κ1) is 13.5. The largest absolute Gasteiger partial charge is 0.387 e. The van der Waals surface area contributed by atoms with Crippen molar-refractivity contribution in [1.29, 1.82) is 0 Å². The Bertz CT molecular complexity index is 562. The quantitative estimate of drug-likeness (QED) is 0.878. The number of anilines is 1. The highest BCUT2D eigenvalue weighted by atomic mass is 16.3. The molecular formula is C13H19N5O. The molecule has 2 aromatic heterocycles. The van der Waals surface area contributed by atoms with Crippen LogP contribution in [0.5, 0.6) is 0 Å². The summed E-state index contributed by atoms with van der Waals surface area (Å²) in [6, 6.07) is 3.89. The molecule has 0 fully saturated rings. The van der Waals surface area contributed by atoms with Crippen LogP contribution in [0.2, 0.25) is 0 Å². The van der Waals surface area contributed by atoms with E-state index in [-0.39, 0.29) is 6.04 Å². The Morgan fingerprint density at radius 2 is 2.00 bits per heavy atom. The van der Waals surface area contributed by atoms with E-state index in [0.29, 0.717) is 17.5 Å². The number of hydrogen-bond donors (Lipinski definition) is 2. The fourth-order valence-corrected chi connectivity index (χ4v) is 1.67. The molecule has 0 aliphatic heterocycles. The third kappa shape index (κ3) is 3.29. The summed E-state index contributed by atoms with van der Waals surface area (Å²) in [5, 5.41) is 17.2. The zero-order valence-corrected chi connectivity index (χ0v) is 11.6. The van der Waals surface area contributed by atoms with Gasteiger partial charge in [0.2, 0.25) is 0 Å². The van der Waals surface area contributed by atoms with Crippen molar-refractivity contribution in [3.05, 3.63) is 29.7 Å². The fraction of sp³-hybridized carbons (Fsp3) is 0.462. The predicted octanol–water partition coefficient (Wildman–Crippen LogP) is 1.84. The summed E-state index contributed by atoms with van der Waals surface area (Å²) in [6.45, 7) is 7.64. The minimum atomic E-state index is -0.647. The lowest BCUT2D eigenvalue weighted by Gasteiger charge is -2.13. The Labute approximate surface area is 112 Å². The molecule has 6 heteroatoms. The second-order valence-electron chi connectivity index (χ2n) is 4.85. The van der Waals surface area contributed by atoms with Crippen LogP contribution in [0.25, 0.3) is 5.95 Å². The van der Waals surface area contributed by atoms with Crippen molar-refractivity contribution in [2.45, 2.75) is 39.8 Å². The standard InChI is InChI=1S/C13H19N5O/c1-8(2)14-12-7-11(10(4)19)15-13(16-12)18-6-5-9(3)17-18/h5-8,10,19H,1-4H3,(H,14,15,16). The van der Waals surface area contributed by atoms with Crippen molar-refractivity contribution in [2.24, 2.45) is 0 Å². The van der Waals surface area contributed by atoms with Crippen LogP contribution in [0.1, 0.15) is 38.3 Å². The second-order valence-corrected chi connectivity index (χ2v) is 4.85. The van der Waals surface area contributed by atoms with Crippen molar-refractivity contribution >= 4 is 5.82 Å². The number of rotatable bonds is 4. The predicted molar refractivity (Wildman–Crippen MR) is 73.3 cm³/mol. The monoisotopic (exact) mass is 261 g/mol. The molecule has 0 saturated heterocycles. The number of aliphatic hydroxyl groups is 1. The van der Waals surface area contributed by atoms with Gasteiger partial charge in [0.1, 0.15) is 5.82 Å². The smallest absolute Gasteiger partial charge is 0.252 e. The molecular weight excluding hydrogens is 242 g/mol. The molecule has 0 aliphatic carbocycles. The first-order chi connectivity index (χ1) is 8.95. The van der Waals surface area contributed by atoms with E-state index in [4.69, 9.17) is 0 Å². The van der Waals surface area contributed by atoms with Crippen LogP contribution in [-0.2, 0) is 0 Å². The van der Waals surface area contributed by atoms with E-state index >= 15 is 0 Å². The van der Waals surface area contributed by atoms with E-state index in [9.17, 15) is 5.11 Å². The summed E-state index contributed by atoms with van der Waals surface area (Å²) in [4.78, 5) is 8.73. The molecule has 2 N–H and O–H groups in total. The van der Waals surface area contributed by atoms with Crippen molar-refractivity contribution in [1.82, 2.24) is 19.7 Å². The van der Waals surface area contributed by atoms with E-state index < -0.39 is 6.10 Å². The molecule has 19 heavy (non-hydrogen) atoms. The summed E-state index contributed by atoms with van der Waals surface area (Å²) in [5.74, 6) is 1.14. The lowest BCUT2D eigenvalue weighted by Crippen LogP contribution is -2.14. The maximum atomic E-state index is 9.71. The van der Waals surface area contributed by atoms with Gasteiger partial charge in [0, 0.05) is 18.3 Å². The Morgan fingerprint density at radius 3 is 2.53 bits per heavy atom. The lowest BCUT2D eigenvalue weighted by atomic mass is 10.2. The third-order valence-electron chi connectivity index (χ3n) is 2.53. The summed E-state index contributed by atoms with van der Waals surface area (Å²) >= 11 is 0. The Morgan fingerprint density at radius 1 is 1.26 bits per heavy atom. The Kier molecular flexibility index (Phi) is 3.80. The summed E-state index contributed by atoms with van der Waals surface area (Å²) in [7, 11) is 0. The summed E-state index contributed by atoms with van der Waals surface area (Å²) in [5.41, 5.74) is 1.46. The van der Waals surface area contributed by atoms with Crippen LogP contribution in [0.3, 0.4) is 0 Å². The molecule has 0 aliphatic rings. The van der Waals surface area contributed by atoms with Crippen molar-refractivity contribution in [3.8, 4) is 5.95 Å². The van der Waals surface area contributed by atoms with Crippen LogP contribution in [0.4, 0.5) is 5.82 Å². The van der Waals surface area contributed by atoms with Gasteiger partial charge in [-0.25, -0.2) is 9.67 Å². The molecule has 102 valence electrons. The van der Waals surface area contributed by atoms with E-state index in [1.807, 2.05) is 26.8 Å². The summed E-state index contributed by atoms with van der Waals surface area (Å²) < 4.78 is 1.60. The molecule has 2 aromatic rings. The molecule has 1 unspecified atom stereocenters. The van der Waals surface area contributed by atoms with Crippen LogP contribution >= 0.6 is 0 Å². The zero-order chi connectivity index (χ0) is 14.0. The highest BCUT2D eigenvalue weighted by Crippen LogP contribution is 2.16. The zero-order valence-electron chi connectivity index (χ0n) is 11.6. The maximum Gasteiger partial charge on any atom is 0.252 e. The SMILES string of the molecule is Cc1ccn(-c2nc(NC(C)C)cc(C(C)O)n2)n1. The molecule has 0 saturated carbocycles. The molecule has 0 bridgehead atoms. The van der Waals surface area contributed by atoms with Crippen molar-refractivity contribution in [2.75, 3.05) is 5.32 Å². The molecule has 1 atom stereocenters. The average molecular weight is 261 g/mol. The normalized spacial score (nSPS) is 12.7. The second kappa shape index (κ2) is 5.36. The first-order valence-electron chi connectivity index (χ1n) is 6.32. The van der Waals surface area contributed by atoms with Crippen LogP contribution in [-0.4, -0.2) is 30.9 Å². The average Bonchev–Trinajstić information content (AvgIpc) is 2.74. The van der Waals surface area contributed by atoms with Gasteiger partial charge in [-0.3, -0.25) is 0 Å². The molecule has 0 spiro atoms. The van der Waals surface area contributed by atoms with Gasteiger partial charge in [0.25, 0.3) is 5.95 Å². The number of aromatic nitrogens is 4. The van der Waals surface area contributed by atoms with Crippen LogP contribution in [0, 0.1) is 6.92 Å². The van der Waals surface area contributed by atoms with E-state index in [2.05, 4.69) is 20.4 Å². The highest BCUT2D eigenvalue weighted by molar-refractivity contribution is 5.40. The van der Waals surface area contributed by atoms with Gasteiger partial charge >= 0.3 is 0 Å². The van der Waals surface area contributed by atoms with Crippen molar-refractivity contribution in [3.63, 3.8) is 0 Å². The number of aryl methyl sites for hydroxylation is 1. The van der Waals surface area contributed by atoms with E-state index in [0.717, 1.165) is 5.69 Å². The third-order valence-corrected chi connectivity index (χ3v) is 2.53. The fourth-order valence-electron chi connectivity index (χ4n) is 1.67. The molecule has 2 rings (SSSR count). The maximum absolute atomic E-state index is 9.71. The van der Waals surface area contributed by atoms with E-state index in [1.165, 1.54) is 0 Å². The minimum Gasteiger partial charge on any atom is -0.387 e.